The Morgan fingerprint density at radius 3 is 2.05 bits per heavy atom. The van der Waals surface area contributed by atoms with Crippen LogP contribution in [0.5, 0.6) is 17.2 Å². The Balaban J connectivity index is 2.36. The van der Waals surface area contributed by atoms with Crippen LogP contribution in [0.15, 0.2) is 24.3 Å². The number of fused-ring (bicyclic) bond motifs is 2. The van der Waals surface area contributed by atoms with Gasteiger partial charge in [0.05, 0.1) is 11.1 Å². The summed E-state index contributed by atoms with van der Waals surface area (Å²) in [5, 5.41) is 29.6. The summed E-state index contributed by atoms with van der Waals surface area (Å²) >= 11 is 0. The molecule has 0 saturated carbocycles. The van der Waals surface area contributed by atoms with Gasteiger partial charge in [0.25, 0.3) is 0 Å². The first-order valence-electron chi connectivity index (χ1n) is 6.96. The second-order valence-corrected chi connectivity index (χ2v) is 5.29. The lowest BCUT2D eigenvalue weighted by atomic mass is 9.80. The number of benzene rings is 2. The minimum absolute atomic E-state index is 0.0573. The fourth-order valence-electron chi connectivity index (χ4n) is 2.90. The van der Waals surface area contributed by atoms with Gasteiger partial charge in [-0.15, -0.1) is 0 Å². The minimum Gasteiger partial charge on any atom is -0.508 e. The molecule has 5 heteroatoms. The first-order valence-corrected chi connectivity index (χ1v) is 6.96. The number of aryl methyl sites for hydroxylation is 1. The van der Waals surface area contributed by atoms with Gasteiger partial charge in [0, 0.05) is 11.1 Å². The number of rotatable bonds is 2. The highest BCUT2D eigenvalue weighted by molar-refractivity contribution is 6.30. The molecule has 0 aromatic heterocycles. The summed E-state index contributed by atoms with van der Waals surface area (Å²) < 4.78 is 0. The van der Waals surface area contributed by atoms with Crippen molar-refractivity contribution in [1.82, 2.24) is 0 Å². The van der Waals surface area contributed by atoms with Crippen molar-refractivity contribution in [2.24, 2.45) is 0 Å². The highest BCUT2D eigenvalue weighted by atomic mass is 16.3. The molecule has 22 heavy (non-hydrogen) atoms. The Hall–Kier alpha value is -2.82. The van der Waals surface area contributed by atoms with Gasteiger partial charge in [0.1, 0.15) is 17.2 Å². The van der Waals surface area contributed by atoms with E-state index in [1.54, 1.807) is 0 Å². The molecule has 2 aromatic carbocycles. The zero-order chi connectivity index (χ0) is 16.0. The molecule has 0 unspecified atom stereocenters. The lowest BCUT2D eigenvalue weighted by Gasteiger charge is -2.21. The van der Waals surface area contributed by atoms with Gasteiger partial charge in [-0.1, -0.05) is 13.3 Å². The molecule has 0 saturated heterocycles. The maximum absolute atomic E-state index is 12.7. The van der Waals surface area contributed by atoms with E-state index in [0.717, 1.165) is 6.42 Å². The van der Waals surface area contributed by atoms with Gasteiger partial charge in [-0.05, 0) is 36.2 Å². The summed E-state index contributed by atoms with van der Waals surface area (Å²) in [6.07, 6.45) is 1.25. The molecule has 5 nitrogen and oxygen atoms in total. The van der Waals surface area contributed by atoms with Crippen LogP contribution < -0.4 is 0 Å². The third kappa shape index (κ3) is 1.86. The van der Waals surface area contributed by atoms with Crippen LogP contribution in [-0.4, -0.2) is 26.9 Å². The van der Waals surface area contributed by atoms with Crippen molar-refractivity contribution in [3.63, 3.8) is 0 Å². The third-order valence-corrected chi connectivity index (χ3v) is 3.81. The summed E-state index contributed by atoms with van der Waals surface area (Å²) in [5.41, 5.74) is 0.412. The Labute approximate surface area is 126 Å². The molecule has 0 aliphatic heterocycles. The Kier molecular flexibility index (Phi) is 3.13. The summed E-state index contributed by atoms with van der Waals surface area (Å²) in [6.45, 7) is 1.92. The lowest BCUT2D eigenvalue weighted by Crippen LogP contribution is -2.23. The Morgan fingerprint density at radius 2 is 1.45 bits per heavy atom. The molecule has 0 amide bonds. The summed E-state index contributed by atoms with van der Waals surface area (Å²) in [7, 11) is 0. The highest BCUT2D eigenvalue weighted by Gasteiger charge is 2.36. The zero-order valence-electron chi connectivity index (χ0n) is 11.9. The maximum Gasteiger partial charge on any atom is 0.198 e. The first-order chi connectivity index (χ1) is 10.5. The van der Waals surface area contributed by atoms with E-state index in [9.17, 15) is 24.9 Å². The summed E-state index contributed by atoms with van der Waals surface area (Å²) in [5.74, 6) is -1.90. The predicted molar refractivity (Wildman–Crippen MR) is 78.7 cm³/mol. The van der Waals surface area contributed by atoms with Gasteiger partial charge >= 0.3 is 0 Å². The molecule has 0 fully saturated rings. The van der Waals surface area contributed by atoms with Crippen LogP contribution in [0, 0.1) is 0 Å². The molecule has 0 radical (unpaired) electrons. The molecule has 112 valence electrons. The molecular formula is C17H14O5. The summed E-state index contributed by atoms with van der Waals surface area (Å²) in [4.78, 5) is 25.3. The monoisotopic (exact) mass is 298 g/mol. The van der Waals surface area contributed by atoms with Crippen LogP contribution >= 0.6 is 0 Å². The van der Waals surface area contributed by atoms with Crippen molar-refractivity contribution < 1.29 is 24.9 Å². The number of carbonyl (C=O) groups excluding carboxylic acids is 2. The van der Waals surface area contributed by atoms with Gasteiger partial charge in [0.2, 0.25) is 0 Å². The van der Waals surface area contributed by atoms with E-state index >= 15 is 0 Å². The number of hydrogen-bond donors (Lipinski definition) is 3. The second kappa shape index (κ2) is 4.87. The number of phenolic OH excluding ortho intramolecular Hbond substituents is 3. The van der Waals surface area contributed by atoms with Gasteiger partial charge < -0.3 is 15.3 Å². The van der Waals surface area contributed by atoms with Crippen molar-refractivity contribution in [3.05, 3.63) is 52.1 Å². The van der Waals surface area contributed by atoms with E-state index in [1.165, 1.54) is 24.3 Å². The van der Waals surface area contributed by atoms with Crippen molar-refractivity contribution in [3.8, 4) is 17.2 Å². The maximum atomic E-state index is 12.7. The molecule has 1 aliphatic carbocycles. The van der Waals surface area contributed by atoms with Crippen LogP contribution in [0.1, 0.15) is 50.8 Å². The van der Waals surface area contributed by atoms with Crippen molar-refractivity contribution in [1.29, 1.82) is 0 Å². The number of phenols is 3. The van der Waals surface area contributed by atoms with Crippen molar-refractivity contribution in [2.45, 2.75) is 19.8 Å². The fraction of sp³-hybridized carbons (Fsp3) is 0.176. The number of ketones is 2. The van der Waals surface area contributed by atoms with Gasteiger partial charge in [-0.3, -0.25) is 9.59 Å². The molecule has 3 rings (SSSR count). The minimum atomic E-state index is -0.578. The molecule has 1 aliphatic rings. The summed E-state index contributed by atoms with van der Waals surface area (Å²) in [6, 6.07) is 5.03. The van der Waals surface area contributed by atoms with Crippen LogP contribution in [0.25, 0.3) is 0 Å². The standard InChI is InChI=1S/C17H14O5/c1-2-3-8-6-9(18)7-10-13(8)17(22)15-12(20)5-4-11(19)14(15)16(10)21/h4-7,18-20H,2-3H2,1H3. The van der Waals surface area contributed by atoms with Gasteiger partial charge in [-0.2, -0.15) is 0 Å². The normalized spacial score (nSPS) is 13.0. The van der Waals surface area contributed by atoms with E-state index in [-0.39, 0.29) is 39.5 Å². The van der Waals surface area contributed by atoms with Gasteiger partial charge in [0.15, 0.2) is 11.6 Å². The van der Waals surface area contributed by atoms with E-state index in [1.807, 2.05) is 6.92 Å². The third-order valence-electron chi connectivity index (χ3n) is 3.81. The van der Waals surface area contributed by atoms with Crippen molar-refractivity contribution >= 4 is 11.6 Å². The molecular weight excluding hydrogens is 284 g/mol. The van der Waals surface area contributed by atoms with Crippen LogP contribution in [0.2, 0.25) is 0 Å². The lowest BCUT2D eigenvalue weighted by molar-refractivity contribution is 0.0973. The van der Waals surface area contributed by atoms with Crippen LogP contribution in [0.3, 0.4) is 0 Å². The molecule has 0 heterocycles. The quantitative estimate of drug-likeness (QED) is 0.632. The van der Waals surface area contributed by atoms with E-state index < -0.39 is 11.6 Å². The Morgan fingerprint density at radius 1 is 0.864 bits per heavy atom. The van der Waals surface area contributed by atoms with E-state index in [4.69, 9.17) is 0 Å². The topological polar surface area (TPSA) is 94.8 Å². The highest BCUT2D eigenvalue weighted by Crippen LogP contribution is 2.39. The zero-order valence-corrected chi connectivity index (χ0v) is 11.9. The second-order valence-electron chi connectivity index (χ2n) is 5.29. The van der Waals surface area contributed by atoms with Crippen LogP contribution in [-0.2, 0) is 6.42 Å². The fourth-order valence-corrected chi connectivity index (χ4v) is 2.90. The smallest absolute Gasteiger partial charge is 0.198 e. The molecule has 3 N–H and O–H groups in total. The molecule has 0 spiro atoms. The number of hydrogen-bond acceptors (Lipinski definition) is 5. The average Bonchev–Trinajstić information content (AvgIpc) is 2.47. The molecule has 0 atom stereocenters. The Bertz CT molecular complexity index is 820. The molecule has 0 bridgehead atoms. The van der Waals surface area contributed by atoms with E-state index in [0.29, 0.717) is 12.0 Å². The number of carbonyl (C=O) groups is 2. The van der Waals surface area contributed by atoms with Gasteiger partial charge in [-0.25, -0.2) is 0 Å². The van der Waals surface area contributed by atoms with Crippen molar-refractivity contribution in [2.75, 3.05) is 0 Å². The molecule has 2 aromatic rings. The number of aromatic hydroxyl groups is 3. The first kappa shape index (κ1) is 14.1. The van der Waals surface area contributed by atoms with Crippen LogP contribution in [0.4, 0.5) is 0 Å². The predicted octanol–water partition coefficient (Wildman–Crippen LogP) is 2.53. The average molecular weight is 298 g/mol. The SMILES string of the molecule is CCCc1cc(O)cc2c1C(=O)c1c(O)ccc(O)c1C2=O. The largest absolute Gasteiger partial charge is 0.508 e. The van der Waals surface area contributed by atoms with E-state index in [2.05, 4.69) is 0 Å².